The van der Waals surface area contributed by atoms with Gasteiger partial charge < -0.3 is 19.4 Å². The summed E-state index contributed by atoms with van der Waals surface area (Å²) in [5.41, 5.74) is 1.82. The van der Waals surface area contributed by atoms with E-state index in [1.165, 1.54) is 0 Å². The Balaban J connectivity index is 1.37. The molecule has 0 saturated carbocycles. The van der Waals surface area contributed by atoms with Gasteiger partial charge in [-0.1, -0.05) is 24.3 Å². The molecule has 3 aromatic heterocycles. The lowest BCUT2D eigenvalue weighted by atomic mass is 10.2. The molecule has 9 nitrogen and oxygen atoms in total. The van der Waals surface area contributed by atoms with Crippen LogP contribution in [-0.2, 0) is 4.74 Å². The molecule has 4 aromatic rings. The van der Waals surface area contributed by atoms with Crippen LogP contribution in [0.4, 0.5) is 17.6 Å². The number of anilines is 3. The highest BCUT2D eigenvalue weighted by molar-refractivity contribution is 5.89. The zero-order chi connectivity index (χ0) is 22.0. The third-order valence-corrected chi connectivity index (χ3v) is 6.24. The van der Waals surface area contributed by atoms with Crippen molar-refractivity contribution < 1.29 is 4.74 Å². The minimum absolute atomic E-state index is 0.692. The van der Waals surface area contributed by atoms with E-state index < -0.39 is 0 Å². The molecule has 168 valence electrons. The van der Waals surface area contributed by atoms with Crippen LogP contribution in [0.1, 0.15) is 0 Å². The van der Waals surface area contributed by atoms with Crippen molar-refractivity contribution in [3.63, 3.8) is 0 Å². The van der Waals surface area contributed by atoms with Gasteiger partial charge in [-0.05, 0) is 24.3 Å². The van der Waals surface area contributed by atoms with Crippen molar-refractivity contribution in [3.8, 4) is 5.69 Å². The largest absolute Gasteiger partial charge is 0.378 e. The molecule has 0 radical (unpaired) electrons. The van der Waals surface area contributed by atoms with Crippen LogP contribution in [-0.4, -0.2) is 77.2 Å². The van der Waals surface area contributed by atoms with E-state index in [4.69, 9.17) is 19.8 Å². The number of rotatable bonds is 4. The molecule has 2 aliphatic rings. The quantitative estimate of drug-likeness (QED) is 0.477. The predicted octanol–water partition coefficient (Wildman–Crippen LogP) is 2.37. The van der Waals surface area contributed by atoms with E-state index in [0.717, 1.165) is 73.6 Å². The lowest BCUT2D eigenvalue weighted by Crippen LogP contribution is -2.47. The summed E-state index contributed by atoms with van der Waals surface area (Å²) in [4.78, 5) is 21.4. The molecule has 0 aliphatic carbocycles. The van der Waals surface area contributed by atoms with E-state index in [-0.39, 0.29) is 0 Å². The summed E-state index contributed by atoms with van der Waals surface area (Å²) in [6.45, 7) is 6.47. The van der Waals surface area contributed by atoms with E-state index in [2.05, 4.69) is 25.8 Å². The number of morpholine rings is 1. The van der Waals surface area contributed by atoms with Crippen molar-refractivity contribution in [2.75, 3.05) is 67.2 Å². The number of nitrogens with zero attached hydrogens (tertiary/aromatic N) is 8. The number of pyridine rings is 1. The second-order valence-corrected chi connectivity index (χ2v) is 8.24. The molecular formula is C24H26N8O. The first-order valence-corrected chi connectivity index (χ1v) is 11.4. The van der Waals surface area contributed by atoms with Crippen LogP contribution in [0, 0.1) is 0 Å². The molecule has 0 amide bonds. The van der Waals surface area contributed by atoms with Crippen molar-refractivity contribution in [1.82, 2.24) is 24.7 Å². The maximum absolute atomic E-state index is 5.55. The monoisotopic (exact) mass is 442 g/mol. The molecular weight excluding hydrogens is 416 g/mol. The van der Waals surface area contributed by atoms with Crippen LogP contribution in [0.25, 0.3) is 16.7 Å². The number of benzene rings is 1. The molecule has 0 spiro atoms. The van der Waals surface area contributed by atoms with Gasteiger partial charge in [0.15, 0.2) is 5.65 Å². The molecule has 33 heavy (non-hydrogen) atoms. The van der Waals surface area contributed by atoms with E-state index in [9.17, 15) is 0 Å². The minimum Gasteiger partial charge on any atom is -0.378 e. The molecule has 2 saturated heterocycles. The fourth-order valence-electron chi connectivity index (χ4n) is 4.47. The number of fused-ring (bicyclic) bond motifs is 1. The van der Waals surface area contributed by atoms with Crippen LogP contribution in [0.3, 0.4) is 0 Å². The molecule has 5 heterocycles. The average Bonchev–Trinajstić information content (AvgIpc) is 3.34. The molecule has 2 fully saturated rings. The number of aromatic nitrogens is 5. The number of para-hydroxylation sites is 1. The summed E-state index contributed by atoms with van der Waals surface area (Å²) < 4.78 is 7.46. The van der Waals surface area contributed by atoms with Crippen LogP contribution in [0.5, 0.6) is 0 Å². The Bertz CT molecular complexity index is 1220. The van der Waals surface area contributed by atoms with Gasteiger partial charge in [-0.15, -0.1) is 0 Å². The Kier molecular flexibility index (Phi) is 5.23. The van der Waals surface area contributed by atoms with Crippen LogP contribution in [0.2, 0.25) is 0 Å². The van der Waals surface area contributed by atoms with Gasteiger partial charge in [-0.2, -0.15) is 15.1 Å². The van der Waals surface area contributed by atoms with E-state index in [1.807, 2.05) is 59.5 Å². The summed E-state index contributed by atoms with van der Waals surface area (Å²) in [6.07, 6.45) is 3.74. The first-order chi connectivity index (χ1) is 16.4. The molecule has 9 heteroatoms. The summed E-state index contributed by atoms with van der Waals surface area (Å²) in [5.74, 6) is 2.71. The highest BCUT2D eigenvalue weighted by atomic mass is 16.5. The minimum atomic E-state index is 0.692. The highest BCUT2D eigenvalue weighted by Crippen LogP contribution is 2.29. The van der Waals surface area contributed by atoms with Gasteiger partial charge >= 0.3 is 0 Å². The Morgan fingerprint density at radius 1 is 0.727 bits per heavy atom. The number of ether oxygens (including phenoxy) is 1. The van der Waals surface area contributed by atoms with Gasteiger partial charge in [0.2, 0.25) is 5.95 Å². The van der Waals surface area contributed by atoms with Crippen molar-refractivity contribution in [2.45, 2.75) is 0 Å². The molecule has 0 N–H and O–H groups in total. The summed E-state index contributed by atoms with van der Waals surface area (Å²) in [6, 6.07) is 16.2. The zero-order valence-electron chi connectivity index (χ0n) is 18.4. The second kappa shape index (κ2) is 8.67. The third kappa shape index (κ3) is 3.84. The van der Waals surface area contributed by atoms with Gasteiger partial charge in [-0.25, -0.2) is 9.67 Å². The Morgan fingerprint density at radius 3 is 2.24 bits per heavy atom. The van der Waals surface area contributed by atoms with Gasteiger partial charge in [0.05, 0.1) is 30.5 Å². The highest BCUT2D eigenvalue weighted by Gasteiger charge is 2.25. The smallest absolute Gasteiger partial charge is 0.229 e. The summed E-state index contributed by atoms with van der Waals surface area (Å²) in [7, 11) is 0. The summed E-state index contributed by atoms with van der Waals surface area (Å²) in [5, 5.41) is 5.67. The Labute approximate surface area is 192 Å². The van der Waals surface area contributed by atoms with Crippen molar-refractivity contribution in [3.05, 3.63) is 60.9 Å². The van der Waals surface area contributed by atoms with Gasteiger partial charge in [0.1, 0.15) is 11.6 Å². The maximum Gasteiger partial charge on any atom is 0.229 e. The molecule has 2 aliphatic heterocycles. The number of hydrogen-bond donors (Lipinski definition) is 0. The normalized spacial score (nSPS) is 17.0. The molecule has 0 atom stereocenters. The first kappa shape index (κ1) is 19.9. The lowest BCUT2D eigenvalue weighted by molar-refractivity contribution is 0.122. The lowest BCUT2D eigenvalue weighted by Gasteiger charge is -2.36. The fraction of sp³-hybridized carbons (Fsp3) is 0.333. The van der Waals surface area contributed by atoms with E-state index in [0.29, 0.717) is 13.2 Å². The van der Waals surface area contributed by atoms with Gasteiger partial charge in [0, 0.05) is 45.5 Å². The van der Waals surface area contributed by atoms with Crippen molar-refractivity contribution in [1.29, 1.82) is 0 Å². The van der Waals surface area contributed by atoms with Crippen LogP contribution < -0.4 is 14.7 Å². The molecule has 6 rings (SSSR count). The molecule has 0 bridgehead atoms. The van der Waals surface area contributed by atoms with Gasteiger partial charge in [-0.3, -0.25) is 0 Å². The number of piperazine rings is 1. The topological polar surface area (TPSA) is 75.4 Å². The average molecular weight is 443 g/mol. The molecule has 1 aromatic carbocycles. The zero-order valence-corrected chi connectivity index (χ0v) is 18.4. The van der Waals surface area contributed by atoms with Crippen molar-refractivity contribution >= 4 is 28.6 Å². The first-order valence-electron chi connectivity index (χ1n) is 11.4. The number of hydrogen-bond acceptors (Lipinski definition) is 8. The van der Waals surface area contributed by atoms with E-state index >= 15 is 0 Å². The second-order valence-electron chi connectivity index (χ2n) is 8.24. The van der Waals surface area contributed by atoms with Gasteiger partial charge in [0.25, 0.3) is 0 Å². The SMILES string of the molecule is c1ccc(-n2ncc3c(N4CCN(c5ccccn5)CC4)nc(N4CCOCC4)nc32)cc1. The van der Waals surface area contributed by atoms with Crippen LogP contribution >= 0.6 is 0 Å². The standard InChI is InChI=1S/C24H26N8O/c1-2-6-19(7-3-1)32-23-20(18-26-32)22(27-24(28-23)31-14-16-33-17-15-31)30-12-10-29(11-13-30)21-8-4-5-9-25-21/h1-9,18H,10-17H2. The third-order valence-electron chi connectivity index (χ3n) is 6.24. The fourth-order valence-corrected chi connectivity index (χ4v) is 4.47. The van der Waals surface area contributed by atoms with Crippen molar-refractivity contribution in [2.24, 2.45) is 0 Å². The molecule has 0 unspecified atom stereocenters. The van der Waals surface area contributed by atoms with E-state index in [1.54, 1.807) is 0 Å². The predicted molar refractivity (Wildman–Crippen MR) is 128 cm³/mol. The van der Waals surface area contributed by atoms with Crippen LogP contribution in [0.15, 0.2) is 60.9 Å². The Hall–Kier alpha value is -3.72. The Morgan fingerprint density at radius 2 is 1.48 bits per heavy atom. The maximum atomic E-state index is 5.55. The summed E-state index contributed by atoms with van der Waals surface area (Å²) >= 11 is 0.